The first kappa shape index (κ1) is 21.3. The van der Waals surface area contributed by atoms with Gasteiger partial charge in [-0.15, -0.1) is 11.3 Å². The molecule has 2 N–H and O–H groups in total. The number of ketones is 1. The Bertz CT molecular complexity index is 1110. The van der Waals surface area contributed by atoms with Gasteiger partial charge in [0.2, 0.25) is 0 Å². The minimum absolute atomic E-state index is 0.0661. The van der Waals surface area contributed by atoms with Crippen molar-refractivity contribution in [2.45, 2.75) is 18.4 Å². The molecule has 1 aliphatic rings. The van der Waals surface area contributed by atoms with Crippen molar-refractivity contribution < 1.29 is 24.2 Å². The van der Waals surface area contributed by atoms with Gasteiger partial charge in [0.05, 0.1) is 4.88 Å². The smallest absolute Gasteiger partial charge is 0.407 e. The van der Waals surface area contributed by atoms with Crippen LogP contribution in [0.25, 0.3) is 11.1 Å². The number of carbonyl (C=O) groups is 3. The van der Waals surface area contributed by atoms with Crippen LogP contribution in [0, 0.1) is 0 Å². The van der Waals surface area contributed by atoms with Crippen LogP contribution in [0.3, 0.4) is 0 Å². The van der Waals surface area contributed by atoms with Crippen molar-refractivity contribution in [1.29, 1.82) is 0 Å². The number of aliphatic carboxylic acids is 1. The third-order valence-electron chi connectivity index (χ3n) is 5.19. The molecule has 0 bridgehead atoms. The molecule has 0 aliphatic heterocycles. The van der Waals surface area contributed by atoms with Gasteiger partial charge in [-0.1, -0.05) is 48.5 Å². The van der Waals surface area contributed by atoms with E-state index >= 15 is 0 Å². The molecule has 0 spiro atoms. The van der Waals surface area contributed by atoms with Crippen LogP contribution in [-0.4, -0.2) is 35.6 Å². The molecule has 0 fully saturated rings. The molecule has 8 heteroatoms. The van der Waals surface area contributed by atoms with Crippen molar-refractivity contribution >= 4 is 45.1 Å². The van der Waals surface area contributed by atoms with E-state index in [1.54, 1.807) is 11.4 Å². The van der Waals surface area contributed by atoms with E-state index in [0.717, 1.165) is 22.3 Å². The number of alkyl carbamates (subject to hydrolysis) is 1. The predicted octanol–water partition coefficient (Wildman–Crippen LogP) is 5.08. The molecule has 3 aromatic rings. The Balaban J connectivity index is 1.42. The Hall–Kier alpha value is -2.97. The molecule has 4 rings (SSSR count). The minimum atomic E-state index is -1.38. The number of hydrogen-bond acceptors (Lipinski definition) is 5. The summed E-state index contributed by atoms with van der Waals surface area (Å²) >= 11 is 4.47. The molecule has 0 radical (unpaired) electrons. The molecular weight excluding hydrogens is 482 g/mol. The molecule has 1 amide bonds. The normalized spacial score (nSPS) is 13.2. The first-order chi connectivity index (χ1) is 15.0. The van der Waals surface area contributed by atoms with Crippen molar-refractivity contribution in [1.82, 2.24) is 5.32 Å². The summed E-state index contributed by atoms with van der Waals surface area (Å²) in [6, 6.07) is 16.2. The lowest BCUT2D eigenvalue weighted by Gasteiger charge is -2.17. The maximum absolute atomic E-state index is 12.4. The number of thiophene rings is 1. The summed E-state index contributed by atoms with van der Waals surface area (Å²) < 4.78 is 5.99. The molecule has 1 atom stereocenters. The van der Waals surface area contributed by atoms with Gasteiger partial charge in [0, 0.05) is 16.8 Å². The van der Waals surface area contributed by atoms with Gasteiger partial charge in [0.25, 0.3) is 0 Å². The number of carboxylic acids is 1. The van der Waals surface area contributed by atoms with Crippen molar-refractivity contribution in [3.05, 3.63) is 80.5 Å². The van der Waals surface area contributed by atoms with E-state index in [2.05, 4.69) is 21.2 Å². The number of rotatable bonds is 7. The van der Waals surface area contributed by atoms with Gasteiger partial charge in [-0.2, -0.15) is 0 Å². The third-order valence-corrected chi connectivity index (χ3v) is 7.07. The third kappa shape index (κ3) is 4.40. The fraction of sp³-hybridized carbons (Fsp3) is 0.174. The van der Waals surface area contributed by atoms with Crippen LogP contribution in [0.5, 0.6) is 0 Å². The topological polar surface area (TPSA) is 92.7 Å². The van der Waals surface area contributed by atoms with Crippen LogP contribution in [0.2, 0.25) is 0 Å². The van der Waals surface area contributed by atoms with E-state index in [1.807, 2.05) is 48.5 Å². The van der Waals surface area contributed by atoms with Gasteiger partial charge in [-0.05, 0) is 49.6 Å². The minimum Gasteiger partial charge on any atom is -0.480 e. The van der Waals surface area contributed by atoms with Crippen LogP contribution in [0.15, 0.2) is 64.5 Å². The highest BCUT2D eigenvalue weighted by atomic mass is 79.9. The molecule has 31 heavy (non-hydrogen) atoms. The van der Waals surface area contributed by atoms with Gasteiger partial charge < -0.3 is 15.2 Å². The maximum atomic E-state index is 12.4. The predicted molar refractivity (Wildman–Crippen MR) is 121 cm³/mol. The van der Waals surface area contributed by atoms with Crippen LogP contribution < -0.4 is 5.32 Å². The Kier molecular flexibility index (Phi) is 6.20. The lowest BCUT2D eigenvalue weighted by Crippen LogP contribution is -2.42. The van der Waals surface area contributed by atoms with E-state index in [0.29, 0.717) is 9.35 Å². The van der Waals surface area contributed by atoms with Gasteiger partial charge in [0.1, 0.15) is 12.6 Å². The molecule has 0 saturated carbocycles. The zero-order chi connectivity index (χ0) is 22.0. The highest BCUT2D eigenvalue weighted by Crippen LogP contribution is 2.44. The number of ether oxygens (including phenoxy) is 1. The molecule has 1 aliphatic carbocycles. The van der Waals surface area contributed by atoms with Gasteiger partial charge >= 0.3 is 12.1 Å². The van der Waals surface area contributed by atoms with Crippen LogP contribution in [0.4, 0.5) is 4.79 Å². The number of hydrogen-bond donors (Lipinski definition) is 2. The number of carboxylic acid groups (broad SMARTS) is 1. The van der Waals surface area contributed by atoms with E-state index in [9.17, 15) is 19.5 Å². The summed E-state index contributed by atoms with van der Waals surface area (Å²) in [5.74, 6) is -1.80. The number of benzene rings is 2. The fourth-order valence-electron chi connectivity index (χ4n) is 3.75. The zero-order valence-electron chi connectivity index (χ0n) is 16.2. The fourth-order valence-corrected chi connectivity index (χ4v) is 5.30. The van der Waals surface area contributed by atoms with Gasteiger partial charge in [0.15, 0.2) is 5.78 Å². The Labute approximate surface area is 191 Å². The molecule has 1 heterocycles. The molecule has 0 saturated heterocycles. The van der Waals surface area contributed by atoms with Crippen molar-refractivity contribution in [3.63, 3.8) is 0 Å². The zero-order valence-corrected chi connectivity index (χ0v) is 18.6. The molecule has 1 aromatic heterocycles. The lowest BCUT2D eigenvalue weighted by atomic mass is 9.98. The number of carbonyl (C=O) groups excluding carboxylic acids is 2. The van der Waals surface area contributed by atoms with Crippen molar-refractivity contribution in [2.75, 3.05) is 6.61 Å². The average Bonchev–Trinajstić information content (AvgIpc) is 3.33. The molecule has 2 aromatic carbocycles. The monoisotopic (exact) mass is 499 g/mol. The Morgan fingerprint density at radius 1 is 1.03 bits per heavy atom. The van der Waals surface area contributed by atoms with Gasteiger partial charge in [-0.3, -0.25) is 4.79 Å². The lowest BCUT2D eigenvalue weighted by molar-refractivity contribution is -0.139. The second-order valence-corrected chi connectivity index (χ2v) is 8.86. The molecule has 158 valence electrons. The summed E-state index contributed by atoms with van der Waals surface area (Å²) in [5, 5.41) is 13.5. The van der Waals surface area contributed by atoms with Crippen molar-refractivity contribution in [3.8, 4) is 11.1 Å². The highest BCUT2D eigenvalue weighted by Gasteiger charge is 2.30. The number of halogens is 1. The Morgan fingerprint density at radius 2 is 1.65 bits per heavy atom. The average molecular weight is 500 g/mol. The highest BCUT2D eigenvalue weighted by molar-refractivity contribution is 9.10. The summed E-state index contributed by atoms with van der Waals surface area (Å²) in [7, 11) is 0. The number of Topliss-reactive ketones (excluding diaryl/α,β-unsaturated/α-hetero) is 1. The molecule has 6 nitrogen and oxygen atoms in total. The summed E-state index contributed by atoms with van der Waals surface area (Å²) in [5.41, 5.74) is 4.32. The van der Waals surface area contributed by atoms with Crippen molar-refractivity contribution in [2.24, 2.45) is 0 Å². The van der Waals surface area contributed by atoms with E-state index in [-0.39, 0.29) is 24.7 Å². The maximum Gasteiger partial charge on any atom is 0.407 e. The quantitative estimate of drug-likeness (QED) is 0.442. The number of fused-ring (bicyclic) bond motifs is 3. The van der Waals surface area contributed by atoms with Crippen LogP contribution in [0.1, 0.15) is 33.1 Å². The van der Waals surface area contributed by atoms with E-state index in [1.165, 1.54) is 11.3 Å². The molecule has 1 unspecified atom stereocenters. The summed E-state index contributed by atoms with van der Waals surface area (Å²) in [6.45, 7) is 0.0661. The van der Waals surface area contributed by atoms with E-state index in [4.69, 9.17) is 4.74 Å². The first-order valence-electron chi connectivity index (χ1n) is 9.56. The SMILES string of the molecule is O=C(NC(CC(=O)c1sccc1Br)C(=O)O)OCC1c2ccccc2-c2ccccc21. The summed E-state index contributed by atoms with van der Waals surface area (Å²) in [4.78, 5) is 36.7. The summed E-state index contributed by atoms with van der Waals surface area (Å²) in [6.07, 6.45) is -1.23. The standard InChI is InChI=1S/C23H18BrNO5S/c24-18-9-10-31-21(18)20(26)11-19(22(27)28)25-23(29)30-12-17-15-7-3-1-5-13(15)14-6-2-4-8-16(14)17/h1-10,17,19H,11-12H2,(H,25,29)(H,27,28). The number of amides is 1. The second-order valence-electron chi connectivity index (χ2n) is 7.09. The number of nitrogens with one attached hydrogen (secondary N) is 1. The Morgan fingerprint density at radius 3 is 2.19 bits per heavy atom. The van der Waals surface area contributed by atoms with Crippen LogP contribution >= 0.6 is 27.3 Å². The molecular formula is C23H18BrNO5S. The largest absolute Gasteiger partial charge is 0.480 e. The van der Waals surface area contributed by atoms with Crippen LogP contribution in [-0.2, 0) is 9.53 Å². The second kappa shape index (κ2) is 9.03. The first-order valence-corrected chi connectivity index (χ1v) is 11.2. The van der Waals surface area contributed by atoms with Gasteiger partial charge in [-0.25, -0.2) is 9.59 Å². The van der Waals surface area contributed by atoms with E-state index < -0.39 is 18.1 Å².